The van der Waals surface area contributed by atoms with Crippen molar-refractivity contribution in [2.45, 2.75) is 64.6 Å². The molecule has 1 N–H and O–H groups in total. The van der Waals surface area contributed by atoms with Crippen LogP contribution in [-0.2, 0) is 14.3 Å². The molecule has 7 heteroatoms. The first-order chi connectivity index (χ1) is 13.3. The second-order valence-electron chi connectivity index (χ2n) is 7.78. The number of nitrogens with one attached hydrogen (secondary N) is 1. The fourth-order valence-electron chi connectivity index (χ4n) is 3.82. The van der Waals surface area contributed by atoms with Gasteiger partial charge in [0.05, 0.1) is 11.1 Å². The predicted octanol–water partition coefficient (Wildman–Crippen LogP) is 2.30. The van der Waals surface area contributed by atoms with E-state index in [0.717, 1.165) is 30.6 Å². The van der Waals surface area contributed by atoms with Gasteiger partial charge in [0.1, 0.15) is 6.04 Å². The van der Waals surface area contributed by atoms with Crippen molar-refractivity contribution in [1.29, 1.82) is 0 Å². The Bertz CT molecular complexity index is 763. The minimum absolute atomic E-state index is 0.116. The first kappa shape index (κ1) is 20.0. The number of nitrogens with zero attached hydrogens (tertiary/aromatic N) is 1. The maximum atomic E-state index is 12.8. The van der Waals surface area contributed by atoms with Gasteiger partial charge in [-0.15, -0.1) is 0 Å². The van der Waals surface area contributed by atoms with Crippen molar-refractivity contribution in [3.63, 3.8) is 0 Å². The van der Waals surface area contributed by atoms with Crippen LogP contribution in [0.25, 0.3) is 0 Å². The van der Waals surface area contributed by atoms with Crippen molar-refractivity contribution < 1.29 is 23.9 Å². The fourth-order valence-corrected chi connectivity index (χ4v) is 3.82. The first-order valence-corrected chi connectivity index (χ1v) is 9.79. The molecule has 1 heterocycles. The Balaban J connectivity index is 1.72. The van der Waals surface area contributed by atoms with E-state index >= 15 is 0 Å². The van der Waals surface area contributed by atoms with E-state index in [2.05, 4.69) is 5.32 Å². The summed E-state index contributed by atoms with van der Waals surface area (Å²) in [5.41, 5.74) is 0.552. The molecule has 1 fully saturated rings. The third kappa shape index (κ3) is 3.79. The van der Waals surface area contributed by atoms with Crippen LogP contribution in [0.2, 0.25) is 0 Å². The first-order valence-electron chi connectivity index (χ1n) is 9.79. The molecule has 0 spiro atoms. The van der Waals surface area contributed by atoms with Crippen molar-refractivity contribution in [3.05, 3.63) is 35.4 Å². The summed E-state index contributed by atoms with van der Waals surface area (Å²) in [5, 5.41) is 2.89. The molecular formula is C21H26N2O5. The third-order valence-corrected chi connectivity index (χ3v) is 5.34. The summed E-state index contributed by atoms with van der Waals surface area (Å²) in [7, 11) is 0. The summed E-state index contributed by atoms with van der Waals surface area (Å²) in [4.78, 5) is 51.5. The van der Waals surface area contributed by atoms with E-state index in [9.17, 15) is 19.2 Å². The Kier molecular flexibility index (Phi) is 5.82. The van der Waals surface area contributed by atoms with Gasteiger partial charge in [0.2, 0.25) is 0 Å². The molecule has 0 aromatic heterocycles. The predicted molar refractivity (Wildman–Crippen MR) is 102 cm³/mol. The van der Waals surface area contributed by atoms with Gasteiger partial charge < -0.3 is 10.1 Å². The third-order valence-electron chi connectivity index (χ3n) is 5.34. The number of hydrogen-bond acceptors (Lipinski definition) is 5. The minimum Gasteiger partial charge on any atom is -0.451 e. The van der Waals surface area contributed by atoms with Crippen LogP contribution in [-0.4, -0.2) is 46.8 Å². The van der Waals surface area contributed by atoms with E-state index in [1.165, 1.54) is 6.92 Å². The lowest BCUT2D eigenvalue weighted by molar-refractivity contribution is -0.160. The Hall–Kier alpha value is -2.70. The number of carbonyl (C=O) groups is 4. The molecule has 7 nitrogen and oxygen atoms in total. The summed E-state index contributed by atoms with van der Waals surface area (Å²) in [6.07, 6.45) is 3.01. The normalized spacial score (nSPS) is 18.9. The lowest BCUT2D eigenvalue weighted by Gasteiger charge is -2.28. The molecule has 28 heavy (non-hydrogen) atoms. The van der Waals surface area contributed by atoms with E-state index in [4.69, 9.17) is 4.74 Å². The van der Waals surface area contributed by atoms with Crippen molar-refractivity contribution in [2.24, 2.45) is 5.92 Å². The van der Waals surface area contributed by atoms with Crippen LogP contribution >= 0.6 is 0 Å². The van der Waals surface area contributed by atoms with E-state index in [1.807, 2.05) is 0 Å². The van der Waals surface area contributed by atoms with Crippen LogP contribution < -0.4 is 5.32 Å². The van der Waals surface area contributed by atoms with Gasteiger partial charge in [-0.3, -0.25) is 19.3 Å². The van der Waals surface area contributed by atoms with Crippen LogP contribution in [0.3, 0.4) is 0 Å². The van der Waals surface area contributed by atoms with Gasteiger partial charge in [-0.05, 0) is 37.8 Å². The quantitative estimate of drug-likeness (QED) is 0.598. The molecule has 2 aliphatic rings. The van der Waals surface area contributed by atoms with Crippen LogP contribution in [0.5, 0.6) is 0 Å². The fraction of sp³-hybridized carbons (Fsp3) is 0.524. The van der Waals surface area contributed by atoms with Gasteiger partial charge >= 0.3 is 5.97 Å². The smallest absolute Gasteiger partial charge is 0.330 e. The molecule has 1 aliphatic carbocycles. The maximum absolute atomic E-state index is 12.8. The Morgan fingerprint density at radius 1 is 1.04 bits per heavy atom. The average Bonchev–Trinajstić information content (AvgIpc) is 3.24. The van der Waals surface area contributed by atoms with Crippen molar-refractivity contribution in [2.75, 3.05) is 0 Å². The monoisotopic (exact) mass is 386 g/mol. The van der Waals surface area contributed by atoms with Crippen molar-refractivity contribution in [3.8, 4) is 0 Å². The molecular weight excluding hydrogens is 360 g/mol. The van der Waals surface area contributed by atoms with Gasteiger partial charge in [0.25, 0.3) is 17.7 Å². The molecule has 0 bridgehead atoms. The van der Waals surface area contributed by atoms with Gasteiger partial charge in [0.15, 0.2) is 6.10 Å². The highest BCUT2D eigenvalue weighted by Gasteiger charge is 2.45. The Morgan fingerprint density at radius 2 is 1.57 bits per heavy atom. The van der Waals surface area contributed by atoms with Crippen LogP contribution in [0.15, 0.2) is 24.3 Å². The van der Waals surface area contributed by atoms with Crippen molar-refractivity contribution >= 4 is 23.7 Å². The van der Waals surface area contributed by atoms with Gasteiger partial charge in [-0.2, -0.15) is 0 Å². The molecule has 1 aromatic rings. The van der Waals surface area contributed by atoms with E-state index in [0.29, 0.717) is 0 Å². The second-order valence-corrected chi connectivity index (χ2v) is 7.78. The zero-order chi connectivity index (χ0) is 20.4. The zero-order valence-corrected chi connectivity index (χ0v) is 16.4. The van der Waals surface area contributed by atoms with E-state index < -0.39 is 29.9 Å². The van der Waals surface area contributed by atoms with Crippen LogP contribution in [0.4, 0.5) is 0 Å². The standard InChI is InChI=1S/C21H26N2O5/c1-12(2)17(23-19(25)15-10-6-7-11-16(15)20(23)26)21(27)28-13(3)18(24)22-14-8-4-5-9-14/h6-7,10-14,17H,4-5,8-9H2,1-3H3,(H,22,24)/t13-,17-/m0/s1. The maximum Gasteiger partial charge on any atom is 0.330 e. The summed E-state index contributed by atoms with van der Waals surface area (Å²) < 4.78 is 5.36. The minimum atomic E-state index is -1.09. The molecule has 1 aliphatic heterocycles. The summed E-state index contributed by atoms with van der Waals surface area (Å²) >= 11 is 0. The number of hydrogen-bond donors (Lipinski definition) is 1. The van der Waals surface area contributed by atoms with Gasteiger partial charge in [-0.1, -0.05) is 38.8 Å². The SMILES string of the molecule is CC(C)[C@@H](C(=O)O[C@@H](C)C(=O)NC1CCCC1)N1C(=O)c2ccccc2C1=O. The van der Waals surface area contributed by atoms with Gasteiger partial charge in [-0.25, -0.2) is 4.79 Å². The number of amides is 3. The topological polar surface area (TPSA) is 92.8 Å². The highest BCUT2D eigenvalue weighted by molar-refractivity contribution is 6.22. The molecule has 2 atom stereocenters. The number of carbonyl (C=O) groups excluding carboxylic acids is 4. The highest BCUT2D eigenvalue weighted by Crippen LogP contribution is 2.28. The number of benzene rings is 1. The summed E-state index contributed by atoms with van der Waals surface area (Å²) in [6.45, 7) is 4.97. The number of rotatable bonds is 6. The Morgan fingerprint density at radius 3 is 2.07 bits per heavy atom. The van der Waals surface area contributed by atoms with E-state index in [-0.39, 0.29) is 29.0 Å². The lowest BCUT2D eigenvalue weighted by Crippen LogP contribution is -2.50. The number of ether oxygens (including phenoxy) is 1. The van der Waals surface area contributed by atoms with E-state index in [1.54, 1.807) is 38.1 Å². The molecule has 1 saturated carbocycles. The average molecular weight is 386 g/mol. The zero-order valence-electron chi connectivity index (χ0n) is 16.4. The summed E-state index contributed by atoms with van der Waals surface area (Å²) in [5.74, 6) is -2.50. The van der Waals surface area contributed by atoms with Crippen LogP contribution in [0, 0.1) is 5.92 Å². The number of fused-ring (bicyclic) bond motifs is 1. The number of imide groups is 1. The lowest BCUT2D eigenvalue weighted by atomic mass is 10.0. The molecule has 150 valence electrons. The molecule has 0 radical (unpaired) electrons. The van der Waals surface area contributed by atoms with Crippen molar-refractivity contribution in [1.82, 2.24) is 10.2 Å². The van der Waals surface area contributed by atoms with Crippen LogP contribution in [0.1, 0.15) is 67.2 Å². The molecule has 3 amide bonds. The molecule has 3 rings (SSSR count). The number of esters is 1. The highest BCUT2D eigenvalue weighted by atomic mass is 16.5. The van der Waals surface area contributed by atoms with Gasteiger partial charge in [0, 0.05) is 6.04 Å². The molecule has 0 unspecified atom stereocenters. The molecule has 1 aromatic carbocycles. The largest absolute Gasteiger partial charge is 0.451 e. The summed E-state index contributed by atoms with van der Waals surface area (Å²) in [6, 6.07) is 5.50. The Labute approximate surface area is 164 Å². The second kappa shape index (κ2) is 8.12. The molecule has 0 saturated heterocycles.